The van der Waals surface area contributed by atoms with Crippen molar-refractivity contribution in [2.24, 2.45) is 0 Å². The molecule has 1 aliphatic heterocycles. The minimum atomic E-state index is 0.638. The highest BCUT2D eigenvalue weighted by Crippen LogP contribution is 2.26. The Morgan fingerprint density at radius 1 is 1.25 bits per heavy atom. The van der Waals surface area contributed by atoms with Crippen molar-refractivity contribution < 1.29 is 0 Å². The fourth-order valence-corrected chi connectivity index (χ4v) is 2.16. The van der Waals surface area contributed by atoms with Crippen LogP contribution in [-0.4, -0.2) is 38.1 Å². The summed E-state index contributed by atoms with van der Waals surface area (Å²) in [7, 11) is 4.26. The Hall–Kier alpha value is -1.42. The van der Waals surface area contributed by atoms with Gasteiger partial charge in [-0.1, -0.05) is 0 Å². The van der Waals surface area contributed by atoms with Crippen molar-refractivity contribution in [2.75, 3.05) is 43.6 Å². The standard InChI is InChI=1S/C12H20N4/c1-15(2)10-5-6-16(8-10)9-3-4-11(13)12(14)7-9/h3-4,7,10H,5-6,8,13-14H2,1-2H3/t10-/m1/s1. The zero-order chi connectivity index (χ0) is 11.7. The van der Waals surface area contributed by atoms with E-state index in [0.717, 1.165) is 13.1 Å². The summed E-state index contributed by atoms with van der Waals surface area (Å²) in [5.41, 5.74) is 14.0. The molecule has 16 heavy (non-hydrogen) atoms. The molecule has 1 saturated heterocycles. The predicted molar refractivity (Wildman–Crippen MR) is 69.6 cm³/mol. The molecule has 88 valence electrons. The summed E-state index contributed by atoms with van der Waals surface area (Å²) in [5.74, 6) is 0. The van der Waals surface area contributed by atoms with E-state index in [2.05, 4.69) is 23.9 Å². The first-order valence-corrected chi connectivity index (χ1v) is 5.64. The molecule has 0 aromatic heterocycles. The Morgan fingerprint density at radius 2 is 2.00 bits per heavy atom. The van der Waals surface area contributed by atoms with Gasteiger partial charge in [-0.15, -0.1) is 0 Å². The third-order valence-corrected chi connectivity index (χ3v) is 3.33. The lowest BCUT2D eigenvalue weighted by atomic mass is 10.2. The molecule has 0 amide bonds. The van der Waals surface area contributed by atoms with Gasteiger partial charge in [0.25, 0.3) is 0 Å². The topological polar surface area (TPSA) is 58.5 Å². The Bertz CT molecular complexity index is 375. The lowest BCUT2D eigenvalue weighted by Crippen LogP contribution is -2.31. The SMILES string of the molecule is CN(C)[C@@H]1CCN(c2ccc(N)c(N)c2)C1. The highest BCUT2D eigenvalue weighted by atomic mass is 15.2. The highest BCUT2D eigenvalue weighted by molar-refractivity contribution is 5.70. The van der Waals surface area contributed by atoms with Gasteiger partial charge in [-0.3, -0.25) is 0 Å². The van der Waals surface area contributed by atoms with E-state index < -0.39 is 0 Å². The van der Waals surface area contributed by atoms with Gasteiger partial charge in [0.1, 0.15) is 0 Å². The quantitative estimate of drug-likeness (QED) is 0.730. The van der Waals surface area contributed by atoms with E-state index in [1.807, 2.05) is 18.2 Å². The molecule has 4 N–H and O–H groups in total. The van der Waals surface area contributed by atoms with Crippen molar-refractivity contribution in [2.45, 2.75) is 12.5 Å². The zero-order valence-electron chi connectivity index (χ0n) is 9.98. The molecule has 1 atom stereocenters. The minimum absolute atomic E-state index is 0.638. The van der Waals surface area contributed by atoms with Gasteiger partial charge >= 0.3 is 0 Å². The van der Waals surface area contributed by atoms with E-state index in [1.54, 1.807) is 0 Å². The number of hydrogen-bond acceptors (Lipinski definition) is 4. The smallest absolute Gasteiger partial charge is 0.0568 e. The molecule has 1 aliphatic rings. The van der Waals surface area contributed by atoms with Gasteiger partial charge in [0.2, 0.25) is 0 Å². The second-order valence-electron chi connectivity index (χ2n) is 4.67. The molecular formula is C12H20N4. The van der Waals surface area contributed by atoms with Gasteiger partial charge in [0.15, 0.2) is 0 Å². The normalized spacial score (nSPS) is 20.7. The minimum Gasteiger partial charge on any atom is -0.397 e. The Labute approximate surface area is 96.8 Å². The summed E-state index contributed by atoms with van der Waals surface area (Å²) in [4.78, 5) is 4.64. The number of nitrogens with two attached hydrogens (primary N) is 2. The summed E-state index contributed by atoms with van der Waals surface area (Å²) in [6.45, 7) is 2.16. The molecule has 1 aromatic carbocycles. The number of hydrogen-bond donors (Lipinski definition) is 2. The van der Waals surface area contributed by atoms with Crippen LogP contribution in [0.25, 0.3) is 0 Å². The van der Waals surface area contributed by atoms with Gasteiger partial charge in [-0.2, -0.15) is 0 Å². The molecule has 1 fully saturated rings. The molecule has 0 saturated carbocycles. The average molecular weight is 220 g/mol. The van der Waals surface area contributed by atoms with Crippen LogP contribution in [0, 0.1) is 0 Å². The number of rotatable bonds is 2. The van der Waals surface area contributed by atoms with Crippen LogP contribution in [0.3, 0.4) is 0 Å². The molecule has 0 unspecified atom stereocenters. The molecule has 0 bridgehead atoms. The largest absolute Gasteiger partial charge is 0.397 e. The van der Waals surface area contributed by atoms with E-state index in [9.17, 15) is 0 Å². The lowest BCUT2D eigenvalue weighted by molar-refractivity contribution is 0.315. The summed E-state index contributed by atoms with van der Waals surface area (Å²) in [6.07, 6.45) is 1.21. The maximum absolute atomic E-state index is 5.82. The molecule has 0 aliphatic carbocycles. The Balaban J connectivity index is 2.11. The third kappa shape index (κ3) is 2.07. The second kappa shape index (κ2) is 4.22. The van der Waals surface area contributed by atoms with Crippen molar-refractivity contribution in [3.8, 4) is 0 Å². The lowest BCUT2D eigenvalue weighted by Gasteiger charge is -2.22. The van der Waals surface area contributed by atoms with E-state index in [-0.39, 0.29) is 0 Å². The molecule has 0 spiro atoms. The van der Waals surface area contributed by atoms with Crippen LogP contribution in [0.15, 0.2) is 18.2 Å². The first-order valence-electron chi connectivity index (χ1n) is 5.64. The summed E-state index contributed by atoms with van der Waals surface area (Å²) in [5, 5.41) is 0. The summed E-state index contributed by atoms with van der Waals surface area (Å²) in [6, 6.07) is 6.53. The fraction of sp³-hybridized carbons (Fsp3) is 0.500. The van der Waals surface area contributed by atoms with Crippen molar-refractivity contribution in [3.05, 3.63) is 18.2 Å². The molecular weight excluding hydrogens is 200 g/mol. The highest BCUT2D eigenvalue weighted by Gasteiger charge is 2.24. The first-order chi connectivity index (χ1) is 7.58. The number of nitrogens with zero attached hydrogens (tertiary/aromatic N) is 2. The van der Waals surface area contributed by atoms with Gasteiger partial charge in [-0.05, 0) is 38.7 Å². The zero-order valence-corrected chi connectivity index (χ0v) is 9.98. The number of benzene rings is 1. The summed E-state index contributed by atoms with van der Waals surface area (Å²) < 4.78 is 0. The molecule has 0 radical (unpaired) electrons. The second-order valence-corrected chi connectivity index (χ2v) is 4.67. The van der Waals surface area contributed by atoms with E-state index in [4.69, 9.17) is 11.5 Å². The van der Waals surface area contributed by atoms with Crippen LogP contribution in [0.2, 0.25) is 0 Å². The number of anilines is 3. The van der Waals surface area contributed by atoms with Crippen molar-refractivity contribution in [1.82, 2.24) is 4.90 Å². The molecule has 1 heterocycles. The van der Waals surface area contributed by atoms with Crippen LogP contribution in [0.4, 0.5) is 17.1 Å². The van der Waals surface area contributed by atoms with E-state index in [1.165, 1.54) is 12.1 Å². The first kappa shape index (κ1) is 11.1. The summed E-state index contributed by atoms with van der Waals surface area (Å²) >= 11 is 0. The van der Waals surface area contributed by atoms with Crippen molar-refractivity contribution in [1.29, 1.82) is 0 Å². The van der Waals surface area contributed by atoms with Gasteiger partial charge in [0, 0.05) is 24.8 Å². The van der Waals surface area contributed by atoms with Crippen molar-refractivity contribution in [3.63, 3.8) is 0 Å². The fourth-order valence-electron chi connectivity index (χ4n) is 2.16. The van der Waals surface area contributed by atoms with E-state index >= 15 is 0 Å². The van der Waals surface area contributed by atoms with Crippen LogP contribution >= 0.6 is 0 Å². The maximum atomic E-state index is 5.82. The number of nitrogen functional groups attached to an aromatic ring is 2. The van der Waals surface area contributed by atoms with Crippen LogP contribution in [0.5, 0.6) is 0 Å². The average Bonchev–Trinajstić information content (AvgIpc) is 2.71. The molecule has 4 nitrogen and oxygen atoms in total. The van der Waals surface area contributed by atoms with Gasteiger partial charge in [0.05, 0.1) is 11.4 Å². The number of likely N-dealkylation sites (N-methyl/N-ethyl adjacent to an activating group) is 1. The van der Waals surface area contributed by atoms with Crippen LogP contribution < -0.4 is 16.4 Å². The Kier molecular flexibility index (Phi) is 2.92. The van der Waals surface area contributed by atoms with Gasteiger partial charge in [-0.25, -0.2) is 0 Å². The molecule has 2 rings (SSSR count). The van der Waals surface area contributed by atoms with E-state index in [0.29, 0.717) is 17.4 Å². The Morgan fingerprint density at radius 3 is 2.56 bits per heavy atom. The maximum Gasteiger partial charge on any atom is 0.0568 e. The molecule has 4 heteroatoms. The third-order valence-electron chi connectivity index (χ3n) is 3.33. The van der Waals surface area contributed by atoms with Crippen LogP contribution in [-0.2, 0) is 0 Å². The molecule has 1 aromatic rings. The van der Waals surface area contributed by atoms with Crippen LogP contribution in [0.1, 0.15) is 6.42 Å². The monoisotopic (exact) mass is 220 g/mol. The van der Waals surface area contributed by atoms with Crippen molar-refractivity contribution >= 4 is 17.1 Å². The predicted octanol–water partition coefficient (Wildman–Crippen LogP) is 0.991. The van der Waals surface area contributed by atoms with Gasteiger partial charge < -0.3 is 21.3 Å².